The van der Waals surface area contributed by atoms with Gasteiger partial charge in [0.1, 0.15) is 18.1 Å². The monoisotopic (exact) mass is 600 g/mol. The van der Waals surface area contributed by atoms with Crippen molar-refractivity contribution in [1.29, 1.82) is 5.26 Å². The van der Waals surface area contributed by atoms with Crippen LogP contribution in [0.3, 0.4) is 0 Å². The zero-order chi connectivity index (χ0) is 31.8. The number of nitrogens with zero attached hydrogens (tertiary/aromatic N) is 6. The minimum atomic E-state index is -2.06. The molecule has 12 heteroatoms. The standard InChI is InChI=1S/C31H43BN7O3Si/c1-29(2,3)25-16-26(39(37-25)12-13-40)36-28-34-11-10-24(35-28)21-14-22(17-33)27-23(15-21)31(7,18-38(27)32-20-41)19-42-43(8,9)30(4,5)6/h10-11,14-16,20,40H,12-13,18-19H2,1-9H3,(H,34,35,36). The number of nitriles is 1. The molecule has 0 saturated heterocycles. The Morgan fingerprint density at radius 2 is 1.95 bits per heavy atom. The Bertz CT molecular complexity index is 1540. The smallest absolute Gasteiger partial charge is 0.329 e. The van der Waals surface area contributed by atoms with Crippen molar-refractivity contribution in [2.45, 2.75) is 84.0 Å². The molecule has 1 aliphatic heterocycles. The summed E-state index contributed by atoms with van der Waals surface area (Å²) < 4.78 is 8.41. The lowest BCUT2D eigenvalue weighted by Gasteiger charge is -2.39. The van der Waals surface area contributed by atoms with Crippen molar-refractivity contribution >= 4 is 39.4 Å². The van der Waals surface area contributed by atoms with E-state index in [-0.39, 0.29) is 17.1 Å². The lowest BCUT2D eigenvalue weighted by molar-refractivity contribution is 0.219. The zero-order valence-electron chi connectivity index (χ0n) is 26.8. The van der Waals surface area contributed by atoms with Crippen LogP contribution >= 0.6 is 0 Å². The Labute approximate surface area is 256 Å². The number of hydrogen-bond acceptors (Lipinski definition) is 9. The van der Waals surface area contributed by atoms with E-state index in [1.807, 2.05) is 23.0 Å². The van der Waals surface area contributed by atoms with E-state index >= 15 is 0 Å². The minimum absolute atomic E-state index is 0.0453. The lowest BCUT2D eigenvalue weighted by Crippen LogP contribution is -2.46. The summed E-state index contributed by atoms with van der Waals surface area (Å²) in [5, 5.41) is 27.8. The molecule has 0 spiro atoms. The molecule has 1 atom stereocenters. The van der Waals surface area contributed by atoms with Crippen LogP contribution in [-0.2, 0) is 26.6 Å². The predicted molar refractivity (Wildman–Crippen MR) is 174 cm³/mol. The molecule has 2 aromatic heterocycles. The van der Waals surface area contributed by atoms with Gasteiger partial charge >= 0.3 is 7.41 Å². The summed E-state index contributed by atoms with van der Waals surface area (Å²) in [6.07, 6.45) is 2.43. The highest BCUT2D eigenvalue weighted by Gasteiger charge is 2.44. The first-order chi connectivity index (χ1) is 20.0. The molecule has 0 saturated carbocycles. The summed E-state index contributed by atoms with van der Waals surface area (Å²) in [4.78, 5) is 22.7. The SMILES string of the molecule is CC(C)(C)c1cc(Nc2nccc(-c3cc(C#N)c4c(c3)C(C)(CO[Si](C)(C)C(C)(C)C)CN4[B]C=O)n2)n(CCO)n1. The van der Waals surface area contributed by atoms with Gasteiger partial charge in [0, 0.05) is 47.5 Å². The molecule has 0 fully saturated rings. The van der Waals surface area contributed by atoms with Crippen LogP contribution in [0.15, 0.2) is 30.5 Å². The van der Waals surface area contributed by atoms with Crippen LogP contribution in [0, 0.1) is 11.3 Å². The van der Waals surface area contributed by atoms with Crippen LogP contribution in [-0.4, -0.2) is 66.5 Å². The van der Waals surface area contributed by atoms with E-state index in [0.717, 1.165) is 28.7 Å². The van der Waals surface area contributed by atoms with Crippen LogP contribution < -0.4 is 10.1 Å². The van der Waals surface area contributed by atoms with E-state index < -0.39 is 13.7 Å². The summed E-state index contributed by atoms with van der Waals surface area (Å²) in [5.41, 5.74) is 3.81. The predicted octanol–water partition coefficient (Wildman–Crippen LogP) is 5.15. The normalized spacial score (nSPS) is 17.0. The third-order valence-corrected chi connectivity index (χ3v) is 13.0. The maximum Gasteiger partial charge on any atom is 0.329 e. The summed E-state index contributed by atoms with van der Waals surface area (Å²) in [6.45, 7) is 20.7. The quantitative estimate of drug-likeness (QED) is 0.240. The molecule has 3 aromatic rings. The number of rotatable bonds is 10. The molecule has 1 aromatic carbocycles. The highest BCUT2D eigenvalue weighted by Crippen LogP contribution is 2.46. The van der Waals surface area contributed by atoms with Crippen molar-refractivity contribution in [3.05, 3.63) is 47.3 Å². The average Bonchev–Trinajstić information content (AvgIpc) is 3.46. The first-order valence-corrected chi connectivity index (χ1v) is 17.5. The van der Waals surface area contributed by atoms with Crippen molar-refractivity contribution < 1.29 is 14.3 Å². The molecule has 0 amide bonds. The van der Waals surface area contributed by atoms with Crippen LogP contribution in [0.4, 0.5) is 17.5 Å². The molecule has 4 rings (SSSR count). The number of hydrogen-bond donors (Lipinski definition) is 2. The number of aliphatic hydroxyl groups excluding tert-OH is 1. The fourth-order valence-corrected chi connectivity index (χ4v) is 6.01. The van der Waals surface area contributed by atoms with E-state index in [1.54, 1.807) is 10.9 Å². The summed E-state index contributed by atoms with van der Waals surface area (Å²) in [6, 6.07) is 9.98. The number of anilines is 3. The Balaban J connectivity index is 1.74. The van der Waals surface area contributed by atoms with Gasteiger partial charge in [-0.25, -0.2) is 14.6 Å². The number of aromatic nitrogens is 4. The van der Waals surface area contributed by atoms with E-state index in [4.69, 9.17) is 9.41 Å². The molecule has 1 radical (unpaired) electrons. The number of fused-ring (bicyclic) bond motifs is 1. The second-order valence-electron chi connectivity index (χ2n) is 14.1. The van der Waals surface area contributed by atoms with Gasteiger partial charge in [-0.2, -0.15) is 10.4 Å². The van der Waals surface area contributed by atoms with Crippen molar-refractivity contribution in [1.82, 2.24) is 19.7 Å². The molecule has 1 aliphatic rings. The first kappa shape index (κ1) is 32.4. The number of benzene rings is 1. The van der Waals surface area contributed by atoms with Gasteiger partial charge in [-0.05, 0) is 41.9 Å². The summed E-state index contributed by atoms with van der Waals surface area (Å²) in [5.74, 6) is 1.05. The molecule has 43 heavy (non-hydrogen) atoms. The molecule has 0 bridgehead atoms. The van der Waals surface area contributed by atoms with Gasteiger partial charge in [-0.3, -0.25) is 0 Å². The van der Waals surface area contributed by atoms with Gasteiger partial charge < -0.3 is 24.5 Å². The van der Waals surface area contributed by atoms with Gasteiger partial charge in [0.2, 0.25) is 5.95 Å². The Morgan fingerprint density at radius 3 is 2.56 bits per heavy atom. The van der Waals surface area contributed by atoms with Crippen molar-refractivity contribution in [3.63, 3.8) is 0 Å². The van der Waals surface area contributed by atoms with E-state index in [2.05, 4.69) is 89.1 Å². The third-order valence-electron chi connectivity index (χ3n) is 8.54. The van der Waals surface area contributed by atoms with E-state index in [1.165, 1.54) is 7.41 Å². The molecular weight excluding hydrogens is 557 g/mol. The van der Waals surface area contributed by atoms with E-state index in [0.29, 0.717) is 42.7 Å². The zero-order valence-corrected chi connectivity index (χ0v) is 27.8. The number of nitrogens with one attached hydrogen (secondary N) is 1. The van der Waals surface area contributed by atoms with Gasteiger partial charge in [0.05, 0.1) is 30.1 Å². The molecule has 3 heterocycles. The van der Waals surface area contributed by atoms with Crippen molar-refractivity contribution in [2.24, 2.45) is 0 Å². The van der Waals surface area contributed by atoms with Gasteiger partial charge in [-0.1, -0.05) is 48.5 Å². The maximum atomic E-state index is 11.6. The van der Waals surface area contributed by atoms with Gasteiger partial charge in [-0.15, -0.1) is 0 Å². The lowest BCUT2D eigenvalue weighted by atomic mass is 9.83. The van der Waals surface area contributed by atoms with Crippen LogP contribution in [0.1, 0.15) is 65.3 Å². The Kier molecular flexibility index (Phi) is 8.94. The maximum absolute atomic E-state index is 11.6. The largest absolute Gasteiger partial charge is 0.416 e. The fraction of sp³-hybridized carbons (Fsp3) is 0.516. The second-order valence-corrected chi connectivity index (χ2v) is 18.9. The molecule has 1 unspecified atom stereocenters. The van der Waals surface area contributed by atoms with Crippen LogP contribution in [0.25, 0.3) is 11.3 Å². The third kappa shape index (κ3) is 6.69. The molecule has 227 valence electrons. The highest BCUT2D eigenvalue weighted by atomic mass is 28.4. The number of aliphatic hydroxyl groups is 1. The fourth-order valence-electron chi connectivity index (χ4n) is 4.90. The summed E-state index contributed by atoms with van der Waals surface area (Å²) in [7, 11) is -0.570. The van der Waals surface area contributed by atoms with Crippen molar-refractivity contribution in [2.75, 3.05) is 29.9 Å². The molecule has 0 aliphatic carbocycles. The second kappa shape index (κ2) is 11.9. The number of carbonyl (C=O) groups is 1. The molecular formula is C31H43BN7O3Si. The van der Waals surface area contributed by atoms with Crippen molar-refractivity contribution in [3.8, 4) is 17.3 Å². The molecule has 2 N–H and O–H groups in total. The Hall–Kier alpha value is -3.53. The van der Waals surface area contributed by atoms with Gasteiger partial charge in [0.15, 0.2) is 8.32 Å². The topological polar surface area (TPSA) is 129 Å². The average molecular weight is 601 g/mol. The van der Waals surface area contributed by atoms with Gasteiger partial charge in [0.25, 0.3) is 0 Å². The first-order valence-electron chi connectivity index (χ1n) is 14.6. The highest BCUT2D eigenvalue weighted by molar-refractivity contribution is 6.74. The van der Waals surface area contributed by atoms with Crippen LogP contribution in [0.5, 0.6) is 0 Å². The minimum Gasteiger partial charge on any atom is -0.416 e. The Morgan fingerprint density at radius 1 is 1.23 bits per heavy atom. The number of carbonyl (C=O) groups excluding carboxylic acids is 1. The van der Waals surface area contributed by atoms with Crippen LogP contribution in [0.2, 0.25) is 18.1 Å². The molecule has 10 nitrogen and oxygen atoms in total. The van der Waals surface area contributed by atoms with E-state index in [9.17, 15) is 15.2 Å². The summed E-state index contributed by atoms with van der Waals surface area (Å²) >= 11 is 0.